The monoisotopic (exact) mass is 390 g/mol. The van der Waals surface area contributed by atoms with Crippen molar-refractivity contribution < 1.29 is 27.8 Å². The van der Waals surface area contributed by atoms with Crippen molar-refractivity contribution >= 4 is 17.5 Å². The van der Waals surface area contributed by atoms with Crippen LogP contribution in [0, 0.1) is 0 Å². The Morgan fingerprint density at radius 1 is 1.25 bits per heavy atom. The minimum atomic E-state index is -2.96. The van der Waals surface area contributed by atoms with Crippen LogP contribution >= 0.6 is 0 Å². The van der Waals surface area contributed by atoms with Gasteiger partial charge in [-0.25, -0.2) is 0 Å². The van der Waals surface area contributed by atoms with E-state index in [1.54, 1.807) is 18.2 Å². The maximum absolute atomic E-state index is 12.6. The highest BCUT2D eigenvalue weighted by Crippen LogP contribution is 2.32. The Morgan fingerprint density at radius 2 is 2.04 bits per heavy atom. The van der Waals surface area contributed by atoms with Crippen LogP contribution in [-0.2, 0) is 16.0 Å². The van der Waals surface area contributed by atoms with Gasteiger partial charge in [0.1, 0.15) is 0 Å². The fourth-order valence-corrected chi connectivity index (χ4v) is 3.16. The van der Waals surface area contributed by atoms with Crippen LogP contribution in [0.5, 0.6) is 11.5 Å². The first-order chi connectivity index (χ1) is 13.5. The third kappa shape index (κ3) is 4.57. The maximum Gasteiger partial charge on any atom is 0.387 e. The summed E-state index contributed by atoms with van der Waals surface area (Å²) < 4.78 is 34.5. The van der Waals surface area contributed by atoms with Crippen LogP contribution in [0.4, 0.5) is 14.5 Å². The van der Waals surface area contributed by atoms with E-state index >= 15 is 0 Å². The quantitative estimate of drug-likeness (QED) is 0.762. The number of rotatable bonds is 7. The van der Waals surface area contributed by atoms with Gasteiger partial charge in [-0.15, -0.1) is 0 Å². The zero-order valence-corrected chi connectivity index (χ0v) is 15.2. The minimum Gasteiger partial charge on any atom is -0.493 e. The molecule has 0 saturated carbocycles. The van der Waals surface area contributed by atoms with Crippen LogP contribution < -0.4 is 20.1 Å². The Morgan fingerprint density at radius 3 is 2.79 bits per heavy atom. The fraction of sp³-hybridized carbons (Fsp3) is 0.300. The first-order valence-corrected chi connectivity index (χ1v) is 8.76. The molecule has 0 spiro atoms. The van der Waals surface area contributed by atoms with Gasteiger partial charge in [-0.2, -0.15) is 8.78 Å². The van der Waals surface area contributed by atoms with Crippen molar-refractivity contribution in [1.82, 2.24) is 5.32 Å². The van der Waals surface area contributed by atoms with E-state index in [9.17, 15) is 18.4 Å². The van der Waals surface area contributed by atoms with E-state index in [-0.39, 0.29) is 29.7 Å². The van der Waals surface area contributed by atoms with Gasteiger partial charge in [0.25, 0.3) is 0 Å². The van der Waals surface area contributed by atoms with Crippen molar-refractivity contribution in [3.63, 3.8) is 0 Å². The first-order valence-electron chi connectivity index (χ1n) is 8.76. The van der Waals surface area contributed by atoms with E-state index in [2.05, 4.69) is 15.4 Å². The Kier molecular flexibility index (Phi) is 6.08. The Labute approximate surface area is 160 Å². The predicted octanol–water partition coefficient (Wildman–Crippen LogP) is 3.08. The molecule has 1 aliphatic heterocycles. The van der Waals surface area contributed by atoms with Gasteiger partial charge >= 0.3 is 6.61 Å². The van der Waals surface area contributed by atoms with Gasteiger partial charge in [-0.1, -0.05) is 24.3 Å². The Hall–Kier alpha value is -3.16. The number of benzene rings is 2. The largest absolute Gasteiger partial charge is 0.493 e. The van der Waals surface area contributed by atoms with Gasteiger partial charge in [0, 0.05) is 18.7 Å². The van der Waals surface area contributed by atoms with E-state index < -0.39 is 12.5 Å². The average Bonchev–Trinajstić information content (AvgIpc) is 2.67. The van der Waals surface area contributed by atoms with Crippen molar-refractivity contribution in [3.05, 3.63) is 53.6 Å². The van der Waals surface area contributed by atoms with Gasteiger partial charge in [0.15, 0.2) is 11.5 Å². The zero-order chi connectivity index (χ0) is 20.1. The molecule has 3 rings (SSSR count). The van der Waals surface area contributed by atoms with Gasteiger partial charge in [-0.3, -0.25) is 9.59 Å². The van der Waals surface area contributed by atoms with Crippen molar-refractivity contribution in [2.45, 2.75) is 25.4 Å². The Bertz CT molecular complexity index is 873. The summed E-state index contributed by atoms with van der Waals surface area (Å²) in [6.45, 7) is -2.67. The van der Waals surface area contributed by atoms with Crippen LogP contribution in [0.1, 0.15) is 23.5 Å². The molecule has 0 aromatic heterocycles. The molecule has 2 aromatic rings. The summed E-state index contributed by atoms with van der Waals surface area (Å²) in [5.74, 6) is -0.863. The second-order valence-electron chi connectivity index (χ2n) is 6.30. The molecule has 0 unspecified atom stereocenters. The molecule has 0 saturated heterocycles. The van der Waals surface area contributed by atoms with Crippen molar-refractivity contribution in [2.75, 3.05) is 19.0 Å². The maximum atomic E-state index is 12.6. The molecule has 0 bridgehead atoms. The van der Waals surface area contributed by atoms with Crippen LogP contribution in [0.15, 0.2) is 42.5 Å². The van der Waals surface area contributed by atoms with E-state index in [4.69, 9.17) is 4.74 Å². The number of halogens is 2. The van der Waals surface area contributed by atoms with E-state index in [1.807, 2.05) is 12.1 Å². The predicted molar refractivity (Wildman–Crippen MR) is 98.8 cm³/mol. The molecule has 8 heteroatoms. The van der Waals surface area contributed by atoms with Crippen molar-refractivity contribution in [1.29, 1.82) is 0 Å². The SMILES string of the molecule is COc1ccc(CCNC(=O)[C@H]2CC(=O)Nc3ccccc32)cc1OC(F)F. The lowest BCUT2D eigenvalue weighted by Gasteiger charge is -2.24. The highest BCUT2D eigenvalue weighted by Gasteiger charge is 2.30. The number of ether oxygens (including phenoxy) is 2. The van der Waals surface area contributed by atoms with Crippen LogP contribution in [0.2, 0.25) is 0 Å². The smallest absolute Gasteiger partial charge is 0.387 e. The van der Waals surface area contributed by atoms with Crippen LogP contribution in [0.3, 0.4) is 0 Å². The summed E-state index contributed by atoms with van der Waals surface area (Å²) in [7, 11) is 1.37. The summed E-state index contributed by atoms with van der Waals surface area (Å²) in [5.41, 5.74) is 2.12. The topological polar surface area (TPSA) is 76.7 Å². The third-order valence-corrected chi connectivity index (χ3v) is 4.47. The summed E-state index contributed by atoms with van der Waals surface area (Å²) in [6, 6.07) is 11.9. The molecule has 2 amide bonds. The number of carbonyl (C=O) groups excluding carboxylic acids is 2. The van der Waals surface area contributed by atoms with Gasteiger partial charge in [0.05, 0.1) is 13.0 Å². The molecule has 0 fully saturated rings. The van der Waals surface area contributed by atoms with Crippen LogP contribution in [-0.4, -0.2) is 32.1 Å². The molecule has 2 N–H and O–H groups in total. The van der Waals surface area contributed by atoms with Gasteiger partial charge in [-0.05, 0) is 35.7 Å². The molecule has 0 aliphatic carbocycles. The number of hydrogen-bond acceptors (Lipinski definition) is 4. The number of fused-ring (bicyclic) bond motifs is 1. The second kappa shape index (κ2) is 8.69. The zero-order valence-electron chi connectivity index (χ0n) is 15.2. The second-order valence-corrected chi connectivity index (χ2v) is 6.30. The molecule has 6 nitrogen and oxygen atoms in total. The molecule has 1 heterocycles. The lowest BCUT2D eigenvalue weighted by atomic mass is 9.90. The summed E-state index contributed by atoms with van der Waals surface area (Å²) in [6.07, 6.45) is 0.494. The number of anilines is 1. The van der Waals surface area contributed by atoms with Gasteiger partial charge in [0.2, 0.25) is 11.8 Å². The lowest BCUT2D eigenvalue weighted by molar-refractivity contribution is -0.126. The third-order valence-electron chi connectivity index (χ3n) is 4.47. The normalized spacial score (nSPS) is 15.6. The molecule has 28 heavy (non-hydrogen) atoms. The number of nitrogens with one attached hydrogen (secondary N) is 2. The summed E-state index contributed by atoms with van der Waals surface area (Å²) in [5, 5.41) is 5.57. The van der Waals surface area contributed by atoms with E-state index in [1.165, 1.54) is 19.2 Å². The number of carbonyl (C=O) groups is 2. The fourth-order valence-electron chi connectivity index (χ4n) is 3.16. The van der Waals surface area contributed by atoms with E-state index in [0.29, 0.717) is 24.2 Å². The highest BCUT2D eigenvalue weighted by atomic mass is 19.3. The summed E-state index contributed by atoms with van der Waals surface area (Å²) >= 11 is 0. The Balaban J connectivity index is 1.62. The number of alkyl halides is 2. The molecule has 148 valence electrons. The highest BCUT2D eigenvalue weighted by molar-refractivity contribution is 6.01. The molecule has 2 aromatic carbocycles. The lowest BCUT2D eigenvalue weighted by Crippen LogP contribution is -2.35. The standard InChI is InChI=1S/C20H20F2N2O4/c1-27-16-7-6-12(10-17(16)28-20(21)22)8-9-23-19(26)14-11-18(25)24-15-5-3-2-4-13(14)15/h2-7,10,14,20H,8-9,11H2,1H3,(H,23,26)(H,24,25)/t14-/m0/s1. The van der Waals surface area contributed by atoms with Gasteiger partial charge < -0.3 is 20.1 Å². The molecule has 1 aliphatic rings. The molecule has 1 atom stereocenters. The first kappa shape index (κ1) is 19.6. The van der Waals surface area contributed by atoms with Crippen molar-refractivity contribution in [2.24, 2.45) is 0 Å². The molecule has 0 radical (unpaired) electrons. The number of para-hydroxylation sites is 1. The molecular weight excluding hydrogens is 370 g/mol. The number of amides is 2. The van der Waals surface area contributed by atoms with Crippen molar-refractivity contribution in [3.8, 4) is 11.5 Å². The number of methoxy groups -OCH3 is 1. The van der Waals surface area contributed by atoms with E-state index in [0.717, 1.165) is 5.56 Å². The minimum absolute atomic E-state index is 0.0563. The molecular formula is C20H20F2N2O4. The number of hydrogen-bond donors (Lipinski definition) is 2. The summed E-state index contributed by atoms with van der Waals surface area (Å²) in [4.78, 5) is 24.4. The van der Waals surface area contributed by atoms with Crippen LogP contribution in [0.25, 0.3) is 0 Å². The average molecular weight is 390 g/mol.